The Hall–Kier alpha value is -2.07. The Morgan fingerprint density at radius 3 is 2.45 bits per heavy atom. The van der Waals surface area contributed by atoms with Gasteiger partial charge in [-0.3, -0.25) is 10.1 Å². The Morgan fingerprint density at radius 1 is 1.07 bits per heavy atom. The minimum absolute atomic E-state index is 0.253. The lowest BCUT2D eigenvalue weighted by atomic mass is 10.2. The van der Waals surface area contributed by atoms with E-state index in [1.165, 1.54) is 0 Å². The summed E-state index contributed by atoms with van der Waals surface area (Å²) in [6, 6.07) is 10.9. The third-order valence-electron chi connectivity index (χ3n) is 4.08. The number of thiocarbonyl (C=S) groups is 1. The molecular weight excluding hydrogens is 503 g/mol. The summed E-state index contributed by atoms with van der Waals surface area (Å²) in [4.78, 5) is 12.4. The summed E-state index contributed by atoms with van der Waals surface area (Å²) >= 11 is 7.36. The fourth-order valence-corrected chi connectivity index (χ4v) is 3.38. The van der Waals surface area contributed by atoms with Crippen LogP contribution in [0, 0.1) is 3.57 Å². The van der Waals surface area contributed by atoms with E-state index in [1.54, 1.807) is 32.4 Å². The van der Waals surface area contributed by atoms with Gasteiger partial charge in [0.2, 0.25) is 0 Å². The average Bonchev–Trinajstić information content (AvgIpc) is 2.72. The first-order valence-corrected chi connectivity index (χ1v) is 10.7. The molecule has 8 heteroatoms. The number of amides is 1. The van der Waals surface area contributed by atoms with Gasteiger partial charge in [0.25, 0.3) is 5.91 Å². The van der Waals surface area contributed by atoms with Crippen LogP contribution in [0.2, 0.25) is 0 Å². The lowest BCUT2D eigenvalue weighted by molar-refractivity contribution is 0.0976. The molecule has 0 radical (unpaired) electrons. The van der Waals surface area contributed by atoms with Crippen LogP contribution in [0.4, 0.5) is 0 Å². The van der Waals surface area contributed by atoms with Gasteiger partial charge in [0.05, 0.1) is 24.4 Å². The zero-order chi connectivity index (χ0) is 21.2. The first-order chi connectivity index (χ1) is 14.0. The zero-order valence-electron chi connectivity index (χ0n) is 16.7. The molecule has 0 fully saturated rings. The van der Waals surface area contributed by atoms with E-state index in [9.17, 15) is 4.79 Å². The maximum absolute atomic E-state index is 12.4. The van der Waals surface area contributed by atoms with Crippen LogP contribution in [-0.4, -0.2) is 31.8 Å². The van der Waals surface area contributed by atoms with Gasteiger partial charge >= 0.3 is 0 Å². The first-order valence-electron chi connectivity index (χ1n) is 9.21. The van der Waals surface area contributed by atoms with E-state index in [1.807, 2.05) is 18.2 Å². The highest BCUT2D eigenvalue weighted by atomic mass is 127. The quantitative estimate of drug-likeness (QED) is 0.288. The molecule has 0 aliphatic heterocycles. The number of hydrogen-bond acceptors (Lipinski definition) is 5. The number of benzene rings is 2. The summed E-state index contributed by atoms with van der Waals surface area (Å²) in [5.41, 5.74) is 1.47. The highest BCUT2D eigenvalue weighted by Gasteiger charge is 2.11. The van der Waals surface area contributed by atoms with Crippen molar-refractivity contribution in [2.75, 3.05) is 20.8 Å². The van der Waals surface area contributed by atoms with Crippen LogP contribution in [0.1, 0.15) is 35.7 Å². The number of ether oxygens (including phenoxy) is 3. The maximum Gasteiger partial charge on any atom is 0.257 e. The summed E-state index contributed by atoms with van der Waals surface area (Å²) in [6.45, 7) is 3.22. The Kier molecular flexibility index (Phi) is 9.46. The lowest BCUT2D eigenvalue weighted by Gasteiger charge is -2.13. The highest BCUT2D eigenvalue weighted by Crippen LogP contribution is 2.28. The van der Waals surface area contributed by atoms with Crippen molar-refractivity contribution < 1.29 is 19.0 Å². The van der Waals surface area contributed by atoms with E-state index < -0.39 is 0 Å². The van der Waals surface area contributed by atoms with Crippen molar-refractivity contribution in [3.05, 3.63) is 51.1 Å². The molecule has 1 amide bonds. The van der Waals surface area contributed by atoms with Crippen molar-refractivity contribution in [2.45, 2.75) is 26.3 Å². The topological polar surface area (TPSA) is 68.8 Å². The standard InChI is InChI=1S/C21H25IN2O4S/c1-4-5-10-28-18-8-6-14(11-19(18)27-3)13-23-21(29)24-20(25)15-7-9-17(26-2)16(22)12-15/h6-9,11-12H,4-5,10,13H2,1-3H3,(H2,23,24,25,29). The van der Waals surface area contributed by atoms with Crippen LogP contribution < -0.4 is 24.8 Å². The molecule has 0 saturated heterocycles. The fourth-order valence-electron chi connectivity index (χ4n) is 2.48. The van der Waals surface area contributed by atoms with E-state index >= 15 is 0 Å². The number of halogens is 1. The van der Waals surface area contributed by atoms with Crippen molar-refractivity contribution in [1.82, 2.24) is 10.6 Å². The van der Waals surface area contributed by atoms with Crippen LogP contribution in [0.5, 0.6) is 17.2 Å². The second kappa shape index (κ2) is 11.8. The Bertz CT molecular complexity index is 861. The lowest BCUT2D eigenvalue weighted by Crippen LogP contribution is -2.38. The van der Waals surface area contributed by atoms with Crippen LogP contribution in [-0.2, 0) is 6.54 Å². The molecule has 2 aromatic rings. The summed E-state index contributed by atoms with van der Waals surface area (Å²) < 4.78 is 17.2. The molecule has 0 unspecified atom stereocenters. The zero-order valence-corrected chi connectivity index (χ0v) is 19.7. The maximum atomic E-state index is 12.4. The summed E-state index contributed by atoms with van der Waals surface area (Å²) in [6.07, 6.45) is 2.07. The minimum Gasteiger partial charge on any atom is -0.496 e. The molecule has 0 heterocycles. The van der Waals surface area contributed by atoms with Gasteiger partial charge in [-0.2, -0.15) is 0 Å². The monoisotopic (exact) mass is 528 g/mol. The van der Waals surface area contributed by atoms with E-state index in [-0.39, 0.29) is 11.0 Å². The molecule has 2 N–H and O–H groups in total. The molecular formula is C21H25IN2O4S. The van der Waals surface area contributed by atoms with Crippen LogP contribution in [0.15, 0.2) is 36.4 Å². The van der Waals surface area contributed by atoms with E-state index in [0.717, 1.165) is 33.5 Å². The van der Waals surface area contributed by atoms with Gasteiger partial charge in [-0.05, 0) is 77.1 Å². The van der Waals surface area contributed by atoms with Gasteiger partial charge < -0.3 is 19.5 Å². The summed E-state index contributed by atoms with van der Waals surface area (Å²) in [7, 11) is 3.20. The van der Waals surface area contributed by atoms with Crippen molar-refractivity contribution >= 4 is 45.8 Å². The molecule has 0 aromatic heterocycles. The molecule has 2 rings (SSSR count). The second-order valence-electron chi connectivity index (χ2n) is 6.17. The molecule has 0 atom stereocenters. The number of carbonyl (C=O) groups excluding carboxylic acids is 1. The molecule has 0 aliphatic rings. The minimum atomic E-state index is -0.277. The SMILES string of the molecule is CCCCOc1ccc(CNC(=S)NC(=O)c2ccc(OC)c(I)c2)cc1OC. The van der Waals surface area contributed by atoms with Gasteiger partial charge in [0, 0.05) is 12.1 Å². The number of rotatable bonds is 9. The Balaban J connectivity index is 1.91. The molecule has 0 saturated carbocycles. The van der Waals surface area contributed by atoms with E-state index in [0.29, 0.717) is 24.5 Å². The van der Waals surface area contributed by atoms with E-state index in [4.69, 9.17) is 26.4 Å². The number of methoxy groups -OCH3 is 2. The number of unbranched alkanes of at least 4 members (excludes halogenated alkanes) is 1. The highest BCUT2D eigenvalue weighted by molar-refractivity contribution is 14.1. The third-order valence-corrected chi connectivity index (χ3v) is 5.17. The largest absolute Gasteiger partial charge is 0.496 e. The molecule has 0 spiro atoms. The van der Waals surface area contributed by atoms with Gasteiger partial charge in [-0.15, -0.1) is 0 Å². The summed E-state index contributed by atoms with van der Waals surface area (Å²) in [5.74, 6) is 1.83. The third kappa shape index (κ3) is 7.04. The molecule has 0 bridgehead atoms. The normalized spacial score (nSPS) is 10.2. The molecule has 6 nitrogen and oxygen atoms in total. The van der Waals surface area contributed by atoms with Crippen LogP contribution in [0.25, 0.3) is 0 Å². The number of nitrogens with one attached hydrogen (secondary N) is 2. The number of carbonyl (C=O) groups is 1. The van der Waals surface area contributed by atoms with E-state index in [2.05, 4.69) is 40.1 Å². The van der Waals surface area contributed by atoms with Crippen molar-refractivity contribution in [3.63, 3.8) is 0 Å². The van der Waals surface area contributed by atoms with Gasteiger partial charge in [0.15, 0.2) is 16.6 Å². The smallest absolute Gasteiger partial charge is 0.257 e. The van der Waals surface area contributed by atoms with Gasteiger partial charge in [0.1, 0.15) is 5.75 Å². The van der Waals surface area contributed by atoms with Gasteiger partial charge in [-0.1, -0.05) is 19.4 Å². The molecule has 156 valence electrons. The number of hydrogen-bond donors (Lipinski definition) is 2. The van der Waals surface area contributed by atoms with Gasteiger partial charge in [-0.25, -0.2) is 0 Å². The average molecular weight is 528 g/mol. The second-order valence-corrected chi connectivity index (χ2v) is 7.74. The van der Waals surface area contributed by atoms with Crippen molar-refractivity contribution in [1.29, 1.82) is 0 Å². The predicted molar refractivity (Wildman–Crippen MR) is 126 cm³/mol. The molecule has 0 aliphatic carbocycles. The van der Waals surface area contributed by atoms with Crippen LogP contribution in [0.3, 0.4) is 0 Å². The molecule has 2 aromatic carbocycles. The Morgan fingerprint density at radius 2 is 1.79 bits per heavy atom. The van der Waals surface area contributed by atoms with Crippen molar-refractivity contribution in [2.24, 2.45) is 0 Å². The summed E-state index contributed by atoms with van der Waals surface area (Å²) in [5, 5.41) is 5.98. The fraction of sp³-hybridized carbons (Fsp3) is 0.333. The Labute approximate surface area is 190 Å². The first kappa shape index (κ1) is 23.2. The molecule has 29 heavy (non-hydrogen) atoms. The van der Waals surface area contributed by atoms with Crippen LogP contribution >= 0.6 is 34.8 Å². The van der Waals surface area contributed by atoms with Crippen molar-refractivity contribution in [3.8, 4) is 17.2 Å². The predicted octanol–water partition coefficient (Wildman–Crippen LogP) is 4.29.